The Kier molecular flexibility index (Phi) is 4.23. The molecule has 2 heteroatoms. The van der Waals surface area contributed by atoms with Crippen LogP contribution in [0.15, 0.2) is 54.6 Å². The smallest absolute Gasteiger partial charge is 0.310 e. The number of esters is 1. The van der Waals surface area contributed by atoms with Crippen molar-refractivity contribution in [2.24, 2.45) is 0 Å². The van der Waals surface area contributed by atoms with Crippen LogP contribution in [0.25, 0.3) is 11.1 Å². The lowest BCUT2D eigenvalue weighted by Gasteiger charge is -2.20. The maximum Gasteiger partial charge on any atom is 0.310 e. The van der Waals surface area contributed by atoms with Gasteiger partial charge >= 0.3 is 5.97 Å². The van der Waals surface area contributed by atoms with Gasteiger partial charge in [-0.25, -0.2) is 0 Å². The number of hydrogen-bond acceptors (Lipinski definition) is 2. The van der Waals surface area contributed by atoms with Crippen molar-refractivity contribution in [1.82, 2.24) is 0 Å². The molecule has 104 valence electrons. The van der Waals surface area contributed by atoms with Crippen LogP contribution in [0.2, 0.25) is 0 Å². The Balaban J connectivity index is 2.23. The molecule has 0 radical (unpaired) electrons. The molecule has 2 nitrogen and oxygen atoms in total. The van der Waals surface area contributed by atoms with Gasteiger partial charge in [0.05, 0.1) is 6.42 Å². The van der Waals surface area contributed by atoms with Crippen molar-refractivity contribution in [2.45, 2.75) is 32.8 Å². The van der Waals surface area contributed by atoms with Gasteiger partial charge < -0.3 is 4.74 Å². The van der Waals surface area contributed by atoms with Gasteiger partial charge in [0.15, 0.2) is 0 Å². The second-order valence-corrected chi connectivity index (χ2v) is 5.79. The molecule has 0 saturated heterocycles. The van der Waals surface area contributed by atoms with Crippen LogP contribution in [0.1, 0.15) is 26.3 Å². The first-order valence-electron chi connectivity index (χ1n) is 6.81. The third-order valence-electron chi connectivity index (χ3n) is 2.86. The lowest BCUT2D eigenvalue weighted by molar-refractivity contribution is -0.153. The van der Waals surface area contributed by atoms with E-state index >= 15 is 0 Å². The van der Waals surface area contributed by atoms with Gasteiger partial charge in [-0.2, -0.15) is 0 Å². The quantitative estimate of drug-likeness (QED) is 0.778. The predicted molar refractivity (Wildman–Crippen MR) is 81.4 cm³/mol. The summed E-state index contributed by atoms with van der Waals surface area (Å²) in [6.07, 6.45) is 0.294. The Labute approximate surface area is 120 Å². The second kappa shape index (κ2) is 5.91. The van der Waals surface area contributed by atoms with Gasteiger partial charge in [0, 0.05) is 0 Å². The first kappa shape index (κ1) is 14.3. The van der Waals surface area contributed by atoms with Crippen LogP contribution in [-0.4, -0.2) is 11.6 Å². The minimum Gasteiger partial charge on any atom is -0.460 e. The van der Waals surface area contributed by atoms with E-state index in [1.165, 1.54) is 0 Å². The lowest BCUT2D eigenvalue weighted by atomic mass is 9.98. The highest BCUT2D eigenvalue weighted by atomic mass is 16.6. The van der Waals surface area contributed by atoms with E-state index in [-0.39, 0.29) is 5.97 Å². The van der Waals surface area contributed by atoms with E-state index in [9.17, 15) is 4.79 Å². The van der Waals surface area contributed by atoms with Gasteiger partial charge in [-0.05, 0) is 37.5 Å². The average Bonchev–Trinajstić information content (AvgIpc) is 2.38. The van der Waals surface area contributed by atoms with Crippen molar-refractivity contribution in [3.05, 3.63) is 60.2 Å². The molecule has 0 aliphatic heterocycles. The summed E-state index contributed by atoms with van der Waals surface area (Å²) in [5, 5.41) is 0. The Morgan fingerprint density at radius 1 is 0.950 bits per heavy atom. The summed E-state index contributed by atoms with van der Waals surface area (Å²) in [6.45, 7) is 5.65. The van der Waals surface area contributed by atoms with E-state index in [0.29, 0.717) is 6.42 Å². The Morgan fingerprint density at radius 2 is 1.55 bits per heavy atom. The molecule has 2 rings (SSSR count). The van der Waals surface area contributed by atoms with Gasteiger partial charge in [0.1, 0.15) is 5.60 Å². The Morgan fingerprint density at radius 3 is 2.20 bits per heavy atom. The predicted octanol–water partition coefficient (Wildman–Crippen LogP) is 4.24. The van der Waals surface area contributed by atoms with Gasteiger partial charge in [0.25, 0.3) is 0 Å². The first-order chi connectivity index (χ1) is 9.46. The molecule has 0 aliphatic rings. The normalized spacial score (nSPS) is 11.2. The molecule has 0 bridgehead atoms. The number of hydrogen-bond donors (Lipinski definition) is 0. The standard InChI is InChI=1S/C18H20O2/c1-18(2,3)20-17(19)13-15-11-7-8-12-16(15)14-9-5-4-6-10-14/h4-12H,13H2,1-3H3. The SMILES string of the molecule is CC(C)(C)OC(=O)Cc1ccccc1-c1ccccc1. The maximum absolute atomic E-state index is 12.0. The third-order valence-corrected chi connectivity index (χ3v) is 2.86. The van der Waals surface area contributed by atoms with Gasteiger partial charge in [-0.3, -0.25) is 4.79 Å². The van der Waals surface area contributed by atoms with Gasteiger partial charge in [0.2, 0.25) is 0 Å². The third kappa shape index (κ3) is 3.95. The van der Waals surface area contributed by atoms with E-state index in [1.807, 2.05) is 75.4 Å². The van der Waals surface area contributed by atoms with Crippen LogP contribution in [0, 0.1) is 0 Å². The van der Waals surface area contributed by atoms with E-state index in [2.05, 4.69) is 0 Å². The summed E-state index contributed by atoms with van der Waals surface area (Å²) in [6, 6.07) is 18.0. The van der Waals surface area contributed by atoms with E-state index in [4.69, 9.17) is 4.74 Å². The summed E-state index contributed by atoms with van der Waals surface area (Å²) >= 11 is 0. The highest BCUT2D eigenvalue weighted by molar-refractivity contribution is 5.78. The largest absolute Gasteiger partial charge is 0.460 e. The zero-order valence-electron chi connectivity index (χ0n) is 12.2. The monoisotopic (exact) mass is 268 g/mol. The molecule has 0 N–H and O–H groups in total. The molecule has 0 amide bonds. The van der Waals surface area contributed by atoms with Crippen LogP contribution in [0.3, 0.4) is 0 Å². The molecule has 0 aromatic heterocycles. The summed E-state index contributed by atoms with van der Waals surface area (Å²) in [4.78, 5) is 12.0. The topological polar surface area (TPSA) is 26.3 Å². The minimum atomic E-state index is -0.446. The number of carbonyl (C=O) groups excluding carboxylic acids is 1. The van der Waals surface area contributed by atoms with Crippen molar-refractivity contribution in [3.8, 4) is 11.1 Å². The zero-order valence-corrected chi connectivity index (χ0v) is 12.2. The van der Waals surface area contributed by atoms with Gasteiger partial charge in [-0.1, -0.05) is 54.6 Å². The highest BCUT2D eigenvalue weighted by Gasteiger charge is 2.17. The summed E-state index contributed by atoms with van der Waals surface area (Å²) in [5.41, 5.74) is 2.75. The highest BCUT2D eigenvalue weighted by Crippen LogP contribution is 2.24. The number of carbonyl (C=O) groups is 1. The zero-order chi connectivity index (χ0) is 14.6. The van der Waals surface area contributed by atoms with Crippen LogP contribution in [-0.2, 0) is 16.0 Å². The molecule has 2 aromatic carbocycles. The fraction of sp³-hybridized carbons (Fsp3) is 0.278. The molecule has 0 fully saturated rings. The van der Waals surface area contributed by atoms with Crippen molar-refractivity contribution >= 4 is 5.97 Å². The Hall–Kier alpha value is -2.09. The molecule has 0 atom stereocenters. The molecule has 0 aliphatic carbocycles. The van der Waals surface area contributed by atoms with Crippen LogP contribution < -0.4 is 0 Å². The van der Waals surface area contributed by atoms with Crippen molar-refractivity contribution in [3.63, 3.8) is 0 Å². The Bertz CT molecular complexity index is 580. The van der Waals surface area contributed by atoms with Crippen LogP contribution in [0.5, 0.6) is 0 Å². The maximum atomic E-state index is 12.0. The molecular weight excluding hydrogens is 248 g/mol. The average molecular weight is 268 g/mol. The van der Waals surface area contributed by atoms with Crippen LogP contribution in [0.4, 0.5) is 0 Å². The molecule has 2 aromatic rings. The second-order valence-electron chi connectivity index (χ2n) is 5.79. The first-order valence-corrected chi connectivity index (χ1v) is 6.81. The lowest BCUT2D eigenvalue weighted by Crippen LogP contribution is -2.25. The molecule has 0 unspecified atom stereocenters. The minimum absolute atomic E-state index is 0.194. The number of rotatable bonds is 3. The van der Waals surface area contributed by atoms with Gasteiger partial charge in [-0.15, -0.1) is 0 Å². The number of ether oxygens (including phenoxy) is 1. The van der Waals surface area contributed by atoms with Crippen LogP contribution >= 0.6 is 0 Å². The van der Waals surface area contributed by atoms with Crippen molar-refractivity contribution in [2.75, 3.05) is 0 Å². The molecular formula is C18H20O2. The van der Waals surface area contributed by atoms with Crippen molar-refractivity contribution in [1.29, 1.82) is 0 Å². The fourth-order valence-electron chi connectivity index (χ4n) is 2.11. The van der Waals surface area contributed by atoms with E-state index in [0.717, 1.165) is 16.7 Å². The summed E-state index contributed by atoms with van der Waals surface area (Å²) in [5.74, 6) is -0.194. The number of benzene rings is 2. The molecule has 0 heterocycles. The molecule has 20 heavy (non-hydrogen) atoms. The molecule has 0 saturated carbocycles. The summed E-state index contributed by atoms with van der Waals surface area (Å²) < 4.78 is 5.39. The summed E-state index contributed by atoms with van der Waals surface area (Å²) in [7, 11) is 0. The van der Waals surface area contributed by atoms with E-state index in [1.54, 1.807) is 0 Å². The molecule has 0 spiro atoms. The van der Waals surface area contributed by atoms with E-state index < -0.39 is 5.60 Å². The fourth-order valence-corrected chi connectivity index (χ4v) is 2.11. The van der Waals surface area contributed by atoms with Crippen molar-refractivity contribution < 1.29 is 9.53 Å².